The maximum atomic E-state index is 6.17. The molecule has 90 valence electrons. The van der Waals surface area contributed by atoms with Crippen LogP contribution >= 0.6 is 11.6 Å². The summed E-state index contributed by atoms with van der Waals surface area (Å²) in [6.07, 6.45) is 0.787. The van der Waals surface area contributed by atoms with E-state index < -0.39 is 0 Å². The van der Waals surface area contributed by atoms with E-state index in [-0.39, 0.29) is 0 Å². The van der Waals surface area contributed by atoms with Crippen LogP contribution in [0.5, 0.6) is 0 Å². The highest BCUT2D eigenvalue weighted by molar-refractivity contribution is 6.31. The number of halogens is 1. The van der Waals surface area contributed by atoms with Crippen molar-refractivity contribution >= 4 is 11.6 Å². The number of imidazole rings is 1. The first-order valence-corrected chi connectivity index (χ1v) is 5.95. The van der Waals surface area contributed by atoms with Crippen molar-refractivity contribution < 1.29 is 0 Å². The van der Waals surface area contributed by atoms with Crippen molar-refractivity contribution in [1.29, 1.82) is 0 Å². The lowest BCUT2D eigenvalue weighted by Crippen LogP contribution is -2.07. The first-order valence-electron chi connectivity index (χ1n) is 5.58. The van der Waals surface area contributed by atoms with Gasteiger partial charge < -0.3 is 10.3 Å². The van der Waals surface area contributed by atoms with Gasteiger partial charge in [-0.05, 0) is 18.6 Å². The van der Waals surface area contributed by atoms with E-state index in [1.807, 2.05) is 38.2 Å². The minimum atomic E-state index is 0.458. The van der Waals surface area contributed by atoms with Gasteiger partial charge in [0.25, 0.3) is 0 Å². The third-order valence-corrected chi connectivity index (χ3v) is 3.37. The Labute approximate surface area is 106 Å². The fourth-order valence-electron chi connectivity index (χ4n) is 1.98. The van der Waals surface area contributed by atoms with Crippen LogP contribution in [0.25, 0.3) is 0 Å². The lowest BCUT2D eigenvalue weighted by molar-refractivity contribution is 0.760. The van der Waals surface area contributed by atoms with Gasteiger partial charge >= 0.3 is 0 Å². The summed E-state index contributed by atoms with van der Waals surface area (Å²) >= 11 is 6.17. The van der Waals surface area contributed by atoms with Gasteiger partial charge in [0.05, 0.1) is 12.2 Å². The zero-order valence-corrected chi connectivity index (χ0v) is 10.8. The Morgan fingerprint density at radius 2 is 2.06 bits per heavy atom. The highest BCUT2D eigenvalue weighted by Gasteiger charge is 2.11. The smallest absolute Gasteiger partial charge is 0.122 e. The highest BCUT2D eigenvalue weighted by atomic mass is 35.5. The van der Waals surface area contributed by atoms with Gasteiger partial charge in [-0.3, -0.25) is 0 Å². The van der Waals surface area contributed by atoms with Crippen LogP contribution in [0.15, 0.2) is 24.3 Å². The van der Waals surface area contributed by atoms with Crippen LogP contribution in [0.2, 0.25) is 5.02 Å². The molecule has 0 amide bonds. The standard InChI is InChI=1S/C13H16ClN3/c1-9-12(17(2)13(8-15)16-9)7-10-5-3-4-6-11(10)14/h3-6H,7-8,15H2,1-2H3. The number of aryl methyl sites for hydroxylation is 1. The quantitative estimate of drug-likeness (QED) is 0.908. The molecule has 0 radical (unpaired) electrons. The van der Waals surface area contributed by atoms with Crippen molar-refractivity contribution in [2.24, 2.45) is 12.8 Å². The van der Waals surface area contributed by atoms with Gasteiger partial charge in [0, 0.05) is 24.2 Å². The second-order valence-electron chi connectivity index (χ2n) is 4.09. The van der Waals surface area contributed by atoms with Crippen molar-refractivity contribution in [2.75, 3.05) is 0 Å². The summed E-state index contributed by atoms with van der Waals surface area (Å²) in [5.74, 6) is 0.907. The second-order valence-corrected chi connectivity index (χ2v) is 4.50. The number of benzene rings is 1. The van der Waals surface area contributed by atoms with Crippen molar-refractivity contribution in [1.82, 2.24) is 9.55 Å². The largest absolute Gasteiger partial charge is 0.333 e. The molecule has 0 aliphatic heterocycles. The monoisotopic (exact) mass is 249 g/mol. The fourth-order valence-corrected chi connectivity index (χ4v) is 2.19. The Morgan fingerprint density at radius 1 is 1.35 bits per heavy atom. The molecular formula is C13H16ClN3. The summed E-state index contributed by atoms with van der Waals surface area (Å²) < 4.78 is 2.05. The molecule has 3 nitrogen and oxygen atoms in total. The van der Waals surface area contributed by atoms with Crippen LogP contribution in [-0.2, 0) is 20.0 Å². The SMILES string of the molecule is Cc1nc(CN)n(C)c1Cc1ccccc1Cl. The maximum absolute atomic E-state index is 6.17. The molecular weight excluding hydrogens is 234 g/mol. The Kier molecular flexibility index (Phi) is 3.50. The molecule has 0 atom stereocenters. The van der Waals surface area contributed by atoms with Crippen molar-refractivity contribution in [3.8, 4) is 0 Å². The van der Waals surface area contributed by atoms with Crippen LogP contribution in [-0.4, -0.2) is 9.55 Å². The van der Waals surface area contributed by atoms with Gasteiger partial charge in [-0.2, -0.15) is 0 Å². The number of rotatable bonds is 3. The molecule has 2 N–H and O–H groups in total. The highest BCUT2D eigenvalue weighted by Crippen LogP contribution is 2.21. The molecule has 1 heterocycles. The first-order chi connectivity index (χ1) is 8.13. The van der Waals surface area contributed by atoms with Gasteiger partial charge in [-0.25, -0.2) is 4.98 Å². The Balaban J connectivity index is 2.37. The van der Waals surface area contributed by atoms with E-state index in [1.165, 1.54) is 5.69 Å². The molecule has 0 bridgehead atoms. The number of hydrogen-bond donors (Lipinski definition) is 1. The minimum Gasteiger partial charge on any atom is -0.333 e. The lowest BCUT2D eigenvalue weighted by atomic mass is 10.1. The third-order valence-electron chi connectivity index (χ3n) is 3.00. The number of hydrogen-bond acceptors (Lipinski definition) is 2. The topological polar surface area (TPSA) is 43.8 Å². The van der Waals surface area contributed by atoms with Crippen molar-refractivity contribution in [3.63, 3.8) is 0 Å². The van der Waals surface area contributed by atoms with E-state index in [1.54, 1.807) is 0 Å². The molecule has 0 aliphatic carbocycles. The Morgan fingerprint density at radius 3 is 2.65 bits per heavy atom. The van der Waals surface area contributed by atoms with Crippen molar-refractivity contribution in [2.45, 2.75) is 19.9 Å². The van der Waals surface area contributed by atoms with Crippen LogP contribution in [0.3, 0.4) is 0 Å². The van der Waals surface area contributed by atoms with Gasteiger partial charge in [0.15, 0.2) is 0 Å². The van der Waals surface area contributed by atoms with Gasteiger partial charge in [-0.1, -0.05) is 29.8 Å². The molecule has 0 unspecified atom stereocenters. The summed E-state index contributed by atoms with van der Waals surface area (Å²) in [4.78, 5) is 4.45. The van der Waals surface area contributed by atoms with E-state index in [9.17, 15) is 0 Å². The van der Waals surface area contributed by atoms with Gasteiger partial charge in [-0.15, -0.1) is 0 Å². The average molecular weight is 250 g/mol. The molecule has 0 spiro atoms. The molecule has 0 saturated heterocycles. The first kappa shape index (κ1) is 12.1. The molecule has 2 aromatic rings. The number of nitrogens with two attached hydrogens (primary N) is 1. The van der Waals surface area contributed by atoms with Crippen LogP contribution < -0.4 is 5.73 Å². The van der Waals surface area contributed by atoms with Crippen LogP contribution in [0, 0.1) is 6.92 Å². The number of nitrogens with zero attached hydrogens (tertiary/aromatic N) is 2. The average Bonchev–Trinajstić information content (AvgIpc) is 2.59. The maximum Gasteiger partial charge on any atom is 0.122 e. The van der Waals surface area contributed by atoms with E-state index >= 15 is 0 Å². The summed E-state index contributed by atoms with van der Waals surface area (Å²) in [6.45, 7) is 2.46. The molecule has 2 rings (SSSR count). The summed E-state index contributed by atoms with van der Waals surface area (Å²) in [5.41, 5.74) is 8.95. The zero-order valence-electron chi connectivity index (χ0n) is 10.1. The minimum absolute atomic E-state index is 0.458. The Hall–Kier alpha value is -1.32. The second kappa shape index (κ2) is 4.90. The summed E-state index contributed by atoms with van der Waals surface area (Å²) in [5, 5.41) is 0.794. The normalized spacial score (nSPS) is 10.8. The Bertz CT molecular complexity index is 531. The fraction of sp³-hybridized carbons (Fsp3) is 0.308. The predicted octanol–water partition coefficient (Wildman–Crippen LogP) is 2.43. The van der Waals surface area contributed by atoms with Crippen LogP contribution in [0.4, 0.5) is 0 Å². The molecule has 4 heteroatoms. The van der Waals surface area contributed by atoms with Gasteiger partial charge in [0.2, 0.25) is 0 Å². The zero-order chi connectivity index (χ0) is 12.4. The third kappa shape index (κ3) is 2.35. The van der Waals surface area contributed by atoms with E-state index in [4.69, 9.17) is 17.3 Å². The molecule has 0 aliphatic rings. The van der Waals surface area contributed by atoms with E-state index in [2.05, 4.69) is 9.55 Å². The summed E-state index contributed by atoms with van der Waals surface area (Å²) in [7, 11) is 1.99. The van der Waals surface area contributed by atoms with Crippen molar-refractivity contribution in [3.05, 3.63) is 52.1 Å². The van der Waals surface area contributed by atoms with E-state index in [0.29, 0.717) is 6.54 Å². The molecule has 0 saturated carbocycles. The molecule has 0 fully saturated rings. The van der Waals surface area contributed by atoms with Crippen LogP contribution in [0.1, 0.15) is 22.8 Å². The molecule has 1 aromatic heterocycles. The molecule has 17 heavy (non-hydrogen) atoms. The number of aromatic nitrogens is 2. The van der Waals surface area contributed by atoms with Gasteiger partial charge in [0.1, 0.15) is 5.82 Å². The van der Waals surface area contributed by atoms with E-state index in [0.717, 1.165) is 28.5 Å². The lowest BCUT2D eigenvalue weighted by Gasteiger charge is -2.07. The summed E-state index contributed by atoms with van der Waals surface area (Å²) in [6, 6.07) is 7.88. The molecule has 1 aromatic carbocycles. The predicted molar refractivity (Wildman–Crippen MR) is 70.1 cm³/mol.